The molecule has 2 fully saturated rings. The van der Waals surface area contributed by atoms with Crippen LogP contribution in [0.1, 0.15) is 17.5 Å². The van der Waals surface area contributed by atoms with E-state index in [2.05, 4.69) is 6.07 Å². The molecule has 5 nitrogen and oxygen atoms in total. The number of benzene rings is 1. The third kappa shape index (κ3) is 2.06. The fourth-order valence-electron chi connectivity index (χ4n) is 3.35. The van der Waals surface area contributed by atoms with Gasteiger partial charge >= 0.3 is 6.03 Å². The summed E-state index contributed by atoms with van der Waals surface area (Å²) in [6.07, 6.45) is 0.980. The maximum absolute atomic E-state index is 12.6. The fraction of sp³-hybridized carbons (Fsp3) is 0.467. The number of halogens is 1. The summed E-state index contributed by atoms with van der Waals surface area (Å²) in [7, 11) is 0. The molecule has 1 aromatic carbocycles. The van der Waals surface area contributed by atoms with E-state index in [1.807, 2.05) is 11.8 Å². The molecule has 2 aliphatic heterocycles. The number of amides is 2. The lowest BCUT2D eigenvalue weighted by molar-refractivity contribution is 0.216. The number of hydrogen-bond donors (Lipinski definition) is 1. The molecule has 110 valence electrons. The molecule has 2 saturated heterocycles. The van der Waals surface area contributed by atoms with Crippen molar-refractivity contribution in [2.75, 3.05) is 24.5 Å². The average Bonchev–Trinajstić information content (AvgIpc) is 3.02. The Hall–Kier alpha value is -1.77. The Morgan fingerprint density at radius 3 is 2.95 bits per heavy atom. The van der Waals surface area contributed by atoms with E-state index in [1.54, 1.807) is 17.0 Å². The molecule has 0 unspecified atom stereocenters. The third-order valence-corrected chi connectivity index (χ3v) is 5.09. The van der Waals surface area contributed by atoms with Crippen LogP contribution in [0.15, 0.2) is 12.1 Å². The van der Waals surface area contributed by atoms with Crippen molar-refractivity contribution in [1.29, 1.82) is 5.26 Å². The summed E-state index contributed by atoms with van der Waals surface area (Å²) >= 11 is 6.21. The van der Waals surface area contributed by atoms with Gasteiger partial charge in [-0.1, -0.05) is 11.6 Å². The average molecular weight is 305 g/mol. The third-order valence-electron chi connectivity index (χ3n) is 4.60. The number of carbonyl (C=O) groups excluding carboxylic acids is 1. The van der Waals surface area contributed by atoms with Gasteiger partial charge in [-0.05, 0) is 43.5 Å². The second kappa shape index (κ2) is 5.21. The number of rotatable bonds is 2. The lowest BCUT2D eigenvalue weighted by Gasteiger charge is -2.20. The normalized spacial score (nSPS) is 24.4. The van der Waals surface area contributed by atoms with Crippen LogP contribution in [0.2, 0.25) is 5.02 Å². The number of nitrogens with zero attached hydrogens (tertiary/aromatic N) is 3. The number of anilines is 1. The highest BCUT2D eigenvalue weighted by molar-refractivity contribution is 6.33. The number of urea groups is 1. The van der Waals surface area contributed by atoms with E-state index < -0.39 is 0 Å². The first-order chi connectivity index (χ1) is 10.1. The lowest BCUT2D eigenvalue weighted by atomic mass is 10.0. The molecule has 2 N–H and O–H groups in total. The number of nitriles is 1. The first kappa shape index (κ1) is 14.2. The van der Waals surface area contributed by atoms with Gasteiger partial charge in [0.2, 0.25) is 0 Å². The quantitative estimate of drug-likeness (QED) is 0.909. The summed E-state index contributed by atoms with van der Waals surface area (Å²) in [5, 5.41) is 9.43. The van der Waals surface area contributed by atoms with Crippen LogP contribution in [-0.4, -0.2) is 36.6 Å². The van der Waals surface area contributed by atoms with Crippen molar-refractivity contribution < 1.29 is 4.79 Å². The van der Waals surface area contributed by atoms with Gasteiger partial charge in [0.05, 0.1) is 16.6 Å². The van der Waals surface area contributed by atoms with Crippen LogP contribution in [0.25, 0.3) is 0 Å². The minimum atomic E-state index is 0.0137. The molecule has 21 heavy (non-hydrogen) atoms. The van der Waals surface area contributed by atoms with E-state index in [-0.39, 0.29) is 12.1 Å². The van der Waals surface area contributed by atoms with Crippen LogP contribution in [0, 0.1) is 24.2 Å². The van der Waals surface area contributed by atoms with Gasteiger partial charge in [0.15, 0.2) is 0 Å². The fourth-order valence-corrected chi connectivity index (χ4v) is 3.55. The number of hydrogen-bond acceptors (Lipinski definition) is 3. The van der Waals surface area contributed by atoms with Gasteiger partial charge in [-0.15, -0.1) is 0 Å². The predicted octanol–water partition coefficient (Wildman–Crippen LogP) is 2.11. The van der Waals surface area contributed by atoms with Crippen LogP contribution in [0.5, 0.6) is 0 Å². The Bertz CT molecular complexity index is 639. The van der Waals surface area contributed by atoms with E-state index in [1.165, 1.54) is 0 Å². The monoisotopic (exact) mass is 304 g/mol. The molecule has 0 aromatic heterocycles. The first-order valence-corrected chi connectivity index (χ1v) is 7.43. The van der Waals surface area contributed by atoms with E-state index in [0.29, 0.717) is 29.6 Å². The molecule has 0 spiro atoms. The van der Waals surface area contributed by atoms with Crippen LogP contribution < -0.4 is 10.6 Å². The van der Waals surface area contributed by atoms with Crippen LogP contribution >= 0.6 is 11.6 Å². The second-order valence-corrected chi connectivity index (χ2v) is 6.00. The van der Waals surface area contributed by atoms with Crippen molar-refractivity contribution in [1.82, 2.24) is 4.90 Å². The Balaban J connectivity index is 1.95. The SMILES string of the molecule is Cc1c(N2C[C@@H]3[C@H](CN)CCN3C2=O)ccc(C#N)c1Cl. The number of fused-ring (bicyclic) bond motifs is 1. The molecular formula is C15H17ClN4O. The number of carbonyl (C=O) groups is 1. The zero-order chi connectivity index (χ0) is 15.1. The summed E-state index contributed by atoms with van der Waals surface area (Å²) in [5.74, 6) is 0.369. The topological polar surface area (TPSA) is 73.4 Å². The minimum absolute atomic E-state index is 0.0137. The highest BCUT2D eigenvalue weighted by Gasteiger charge is 2.45. The highest BCUT2D eigenvalue weighted by Crippen LogP contribution is 2.37. The first-order valence-electron chi connectivity index (χ1n) is 7.06. The molecule has 2 aliphatic rings. The van der Waals surface area contributed by atoms with Gasteiger partial charge in [0.25, 0.3) is 0 Å². The summed E-state index contributed by atoms with van der Waals surface area (Å²) < 4.78 is 0. The van der Waals surface area contributed by atoms with E-state index in [4.69, 9.17) is 22.6 Å². The van der Waals surface area contributed by atoms with Gasteiger partial charge in [-0.3, -0.25) is 4.90 Å². The summed E-state index contributed by atoms with van der Waals surface area (Å²) in [6.45, 7) is 3.86. The van der Waals surface area contributed by atoms with Crippen molar-refractivity contribution in [3.8, 4) is 6.07 Å². The molecule has 2 amide bonds. The molecule has 1 aromatic rings. The Kier molecular flexibility index (Phi) is 3.52. The maximum atomic E-state index is 12.6. The van der Waals surface area contributed by atoms with Crippen molar-refractivity contribution in [2.45, 2.75) is 19.4 Å². The second-order valence-electron chi connectivity index (χ2n) is 5.62. The van der Waals surface area contributed by atoms with Crippen molar-refractivity contribution >= 4 is 23.3 Å². The molecule has 2 atom stereocenters. The lowest BCUT2D eigenvalue weighted by Crippen LogP contribution is -2.33. The van der Waals surface area contributed by atoms with Gasteiger partial charge in [0.1, 0.15) is 6.07 Å². The molecule has 3 rings (SSSR count). The van der Waals surface area contributed by atoms with E-state index in [0.717, 1.165) is 24.2 Å². The van der Waals surface area contributed by atoms with Crippen LogP contribution in [0.3, 0.4) is 0 Å². The molecule has 0 aliphatic carbocycles. The molecule has 0 saturated carbocycles. The van der Waals surface area contributed by atoms with Crippen LogP contribution in [0.4, 0.5) is 10.5 Å². The van der Waals surface area contributed by atoms with Gasteiger partial charge in [0, 0.05) is 18.8 Å². The smallest absolute Gasteiger partial charge is 0.324 e. The highest BCUT2D eigenvalue weighted by atomic mass is 35.5. The van der Waals surface area contributed by atoms with E-state index >= 15 is 0 Å². The summed E-state index contributed by atoms with van der Waals surface area (Å²) in [4.78, 5) is 16.2. The largest absolute Gasteiger partial charge is 0.330 e. The number of nitrogens with two attached hydrogens (primary N) is 1. The maximum Gasteiger partial charge on any atom is 0.324 e. The Morgan fingerprint density at radius 2 is 2.29 bits per heavy atom. The minimum Gasteiger partial charge on any atom is -0.330 e. The predicted molar refractivity (Wildman–Crippen MR) is 81.3 cm³/mol. The Labute approximate surface area is 128 Å². The van der Waals surface area contributed by atoms with Gasteiger partial charge < -0.3 is 10.6 Å². The van der Waals surface area contributed by atoms with Gasteiger partial charge in [-0.2, -0.15) is 5.26 Å². The standard InChI is InChI=1S/C15H17ClN4O/c1-9-12(3-2-11(7-18)14(9)16)20-8-13-10(6-17)4-5-19(13)15(20)21/h2-3,10,13H,4-6,8,17H2,1H3/t10-,13+/m0/s1. The summed E-state index contributed by atoms with van der Waals surface area (Å²) in [6, 6.07) is 5.73. The zero-order valence-electron chi connectivity index (χ0n) is 11.8. The molecule has 0 bridgehead atoms. The molecule has 0 radical (unpaired) electrons. The Morgan fingerprint density at radius 1 is 1.52 bits per heavy atom. The molecule has 2 heterocycles. The molecule has 6 heteroatoms. The van der Waals surface area contributed by atoms with Crippen LogP contribution in [-0.2, 0) is 0 Å². The summed E-state index contributed by atoms with van der Waals surface area (Å²) in [5.41, 5.74) is 7.79. The zero-order valence-corrected chi connectivity index (χ0v) is 12.6. The van der Waals surface area contributed by atoms with Crippen molar-refractivity contribution in [2.24, 2.45) is 11.7 Å². The molecular weight excluding hydrogens is 288 g/mol. The van der Waals surface area contributed by atoms with Gasteiger partial charge in [-0.25, -0.2) is 4.79 Å². The van der Waals surface area contributed by atoms with Crippen molar-refractivity contribution in [3.05, 3.63) is 28.3 Å². The van der Waals surface area contributed by atoms with Crippen molar-refractivity contribution in [3.63, 3.8) is 0 Å². The van der Waals surface area contributed by atoms with E-state index in [9.17, 15) is 4.79 Å².